The summed E-state index contributed by atoms with van der Waals surface area (Å²) in [4.78, 5) is 5.17. The van der Waals surface area contributed by atoms with Crippen LogP contribution in [0.1, 0.15) is 9.75 Å². The Kier molecular flexibility index (Phi) is 4.35. The molecule has 1 saturated heterocycles. The lowest BCUT2D eigenvalue weighted by Gasteiger charge is -2.28. The standard InChI is InChI=1S/C12H20N2OS/c1-10-2-3-12(16-10)8-11(13)9-14-4-6-15-7-5-14/h2-3,11H,4-9,13H2,1H3. The van der Waals surface area contributed by atoms with Crippen molar-refractivity contribution >= 4 is 11.3 Å². The summed E-state index contributed by atoms with van der Waals surface area (Å²) in [5.74, 6) is 0. The van der Waals surface area contributed by atoms with Crippen LogP contribution in [0.2, 0.25) is 0 Å². The van der Waals surface area contributed by atoms with Crippen molar-refractivity contribution in [3.8, 4) is 0 Å². The fourth-order valence-corrected chi connectivity index (χ4v) is 3.02. The van der Waals surface area contributed by atoms with E-state index >= 15 is 0 Å². The lowest BCUT2D eigenvalue weighted by molar-refractivity contribution is 0.0354. The number of hydrogen-bond donors (Lipinski definition) is 1. The van der Waals surface area contributed by atoms with Crippen LogP contribution in [0.5, 0.6) is 0 Å². The van der Waals surface area contributed by atoms with E-state index < -0.39 is 0 Å². The van der Waals surface area contributed by atoms with Crippen LogP contribution in [0, 0.1) is 6.92 Å². The first-order chi connectivity index (χ1) is 7.74. The van der Waals surface area contributed by atoms with E-state index in [1.54, 1.807) is 0 Å². The van der Waals surface area contributed by atoms with E-state index in [9.17, 15) is 0 Å². The van der Waals surface area contributed by atoms with Crippen LogP contribution in [-0.2, 0) is 11.2 Å². The molecule has 2 rings (SSSR count). The van der Waals surface area contributed by atoms with Gasteiger partial charge in [0, 0.05) is 35.4 Å². The van der Waals surface area contributed by atoms with E-state index in [0.717, 1.165) is 39.3 Å². The molecule has 1 aromatic heterocycles. The minimum atomic E-state index is 0.246. The third-order valence-electron chi connectivity index (χ3n) is 2.86. The highest BCUT2D eigenvalue weighted by molar-refractivity contribution is 7.11. The van der Waals surface area contributed by atoms with Crippen LogP contribution in [-0.4, -0.2) is 43.8 Å². The van der Waals surface area contributed by atoms with Crippen LogP contribution in [0.15, 0.2) is 12.1 Å². The summed E-state index contributed by atoms with van der Waals surface area (Å²) >= 11 is 1.85. The first kappa shape index (κ1) is 12.0. The van der Waals surface area contributed by atoms with Crippen molar-refractivity contribution in [1.29, 1.82) is 0 Å². The number of thiophene rings is 1. The molecule has 0 radical (unpaired) electrons. The van der Waals surface area contributed by atoms with Crippen molar-refractivity contribution in [2.45, 2.75) is 19.4 Å². The SMILES string of the molecule is Cc1ccc(CC(N)CN2CCOCC2)s1. The molecule has 1 unspecified atom stereocenters. The molecule has 1 aliphatic rings. The van der Waals surface area contributed by atoms with Crippen LogP contribution < -0.4 is 5.73 Å². The van der Waals surface area contributed by atoms with E-state index in [2.05, 4.69) is 24.0 Å². The minimum absolute atomic E-state index is 0.246. The monoisotopic (exact) mass is 240 g/mol. The highest BCUT2D eigenvalue weighted by Crippen LogP contribution is 2.16. The third-order valence-corrected chi connectivity index (χ3v) is 3.88. The fourth-order valence-electron chi connectivity index (χ4n) is 2.03. The molecule has 0 spiro atoms. The first-order valence-electron chi connectivity index (χ1n) is 5.85. The Labute approximate surface area is 101 Å². The highest BCUT2D eigenvalue weighted by Gasteiger charge is 2.14. The van der Waals surface area contributed by atoms with Crippen molar-refractivity contribution in [3.63, 3.8) is 0 Å². The first-order valence-corrected chi connectivity index (χ1v) is 6.66. The van der Waals surface area contributed by atoms with E-state index in [1.165, 1.54) is 9.75 Å². The summed E-state index contributed by atoms with van der Waals surface area (Å²) in [6, 6.07) is 4.61. The van der Waals surface area contributed by atoms with Gasteiger partial charge in [0.2, 0.25) is 0 Å². The molecule has 90 valence electrons. The molecule has 0 bridgehead atoms. The normalized spacial score (nSPS) is 19.9. The quantitative estimate of drug-likeness (QED) is 0.861. The molecule has 0 saturated carbocycles. The molecule has 2 N–H and O–H groups in total. The largest absolute Gasteiger partial charge is 0.379 e. The number of nitrogens with zero attached hydrogens (tertiary/aromatic N) is 1. The molecular weight excluding hydrogens is 220 g/mol. The predicted molar refractivity (Wildman–Crippen MR) is 68.0 cm³/mol. The maximum absolute atomic E-state index is 6.17. The Hall–Kier alpha value is -0.420. The summed E-state index contributed by atoms with van der Waals surface area (Å²) < 4.78 is 5.32. The van der Waals surface area contributed by atoms with Gasteiger partial charge in [-0.25, -0.2) is 0 Å². The molecule has 0 amide bonds. The molecule has 1 aromatic rings. The number of nitrogens with two attached hydrogens (primary N) is 1. The van der Waals surface area contributed by atoms with Crippen LogP contribution in [0.4, 0.5) is 0 Å². The smallest absolute Gasteiger partial charge is 0.0594 e. The molecule has 3 nitrogen and oxygen atoms in total. The van der Waals surface area contributed by atoms with E-state index in [0.29, 0.717) is 0 Å². The Morgan fingerprint density at radius 2 is 2.19 bits per heavy atom. The Morgan fingerprint density at radius 1 is 1.44 bits per heavy atom. The molecule has 4 heteroatoms. The van der Waals surface area contributed by atoms with Crippen LogP contribution in [0.3, 0.4) is 0 Å². The number of morpholine rings is 1. The van der Waals surface area contributed by atoms with Gasteiger partial charge in [-0.05, 0) is 25.5 Å². The van der Waals surface area contributed by atoms with Gasteiger partial charge in [-0.3, -0.25) is 4.90 Å². The number of rotatable bonds is 4. The number of ether oxygens (including phenoxy) is 1. The fraction of sp³-hybridized carbons (Fsp3) is 0.667. The van der Waals surface area contributed by atoms with E-state index in [-0.39, 0.29) is 6.04 Å². The molecule has 1 atom stereocenters. The van der Waals surface area contributed by atoms with Gasteiger partial charge in [-0.1, -0.05) is 0 Å². The minimum Gasteiger partial charge on any atom is -0.379 e. The molecule has 0 aromatic carbocycles. The molecule has 1 fully saturated rings. The topological polar surface area (TPSA) is 38.5 Å². The van der Waals surface area contributed by atoms with Gasteiger partial charge in [-0.2, -0.15) is 0 Å². The van der Waals surface area contributed by atoms with E-state index in [4.69, 9.17) is 10.5 Å². The Bertz CT molecular complexity index is 321. The zero-order chi connectivity index (χ0) is 11.4. The van der Waals surface area contributed by atoms with Gasteiger partial charge in [0.05, 0.1) is 13.2 Å². The van der Waals surface area contributed by atoms with E-state index in [1.807, 2.05) is 11.3 Å². The van der Waals surface area contributed by atoms with Crippen LogP contribution in [0.25, 0.3) is 0 Å². The second kappa shape index (κ2) is 5.77. The summed E-state index contributed by atoms with van der Waals surface area (Å²) in [5, 5.41) is 0. The predicted octanol–water partition coefficient (Wildman–Crippen LogP) is 1.26. The van der Waals surface area contributed by atoms with Crippen LogP contribution >= 0.6 is 11.3 Å². The highest BCUT2D eigenvalue weighted by atomic mass is 32.1. The van der Waals surface area contributed by atoms with Crippen molar-refractivity contribution < 1.29 is 4.74 Å². The molecule has 0 aliphatic carbocycles. The maximum atomic E-state index is 6.17. The van der Waals surface area contributed by atoms with Gasteiger partial charge in [0.25, 0.3) is 0 Å². The van der Waals surface area contributed by atoms with Gasteiger partial charge < -0.3 is 10.5 Å². The average Bonchev–Trinajstić information content (AvgIpc) is 2.65. The Balaban J connectivity index is 1.77. The summed E-state index contributed by atoms with van der Waals surface area (Å²) in [7, 11) is 0. The van der Waals surface area contributed by atoms with Gasteiger partial charge >= 0.3 is 0 Å². The second-order valence-corrected chi connectivity index (χ2v) is 5.76. The molecular formula is C12H20N2OS. The average molecular weight is 240 g/mol. The molecule has 16 heavy (non-hydrogen) atoms. The summed E-state index contributed by atoms with van der Waals surface area (Å²) in [5.41, 5.74) is 6.17. The van der Waals surface area contributed by atoms with Gasteiger partial charge in [0.1, 0.15) is 0 Å². The van der Waals surface area contributed by atoms with Gasteiger partial charge in [-0.15, -0.1) is 11.3 Å². The zero-order valence-corrected chi connectivity index (χ0v) is 10.6. The molecule has 1 aliphatic heterocycles. The third kappa shape index (κ3) is 3.56. The van der Waals surface area contributed by atoms with Crippen molar-refractivity contribution in [1.82, 2.24) is 4.90 Å². The lowest BCUT2D eigenvalue weighted by atomic mass is 10.2. The summed E-state index contributed by atoms with van der Waals surface area (Å²) in [6.07, 6.45) is 0.996. The maximum Gasteiger partial charge on any atom is 0.0594 e. The number of aryl methyl sites for hydroxylation is 1. The number of hydrogen-bond acceptors (Lipinski definition) is 4. The van der Waals surface area contributed by atoms with Crippen molar-refractivity contribution in [2.75, 3.05) is 32.8 Å². The lowest BCUT2D eigenvalue weighted by Crippen LogP contribution is -2.44. The van der Waals surface area contributed by atoms with Gasteiger partial charge in [0.15, 0.2) is 0 Å². The van der Waals surface area contributed by atoms with Crippen molar-refractivity contribution in [2.24, 2.45) is 5.73 Å². The second-order valence-electron chi connectivity index (χ2n) is 4.39. The summed E-state index contributed by atoms with van der Waals surface area (Å²) in [6.45, 7) is 6.88. The Morgan fingerprint density at radius 3 is 2.81 bits per heavy atom. The zero-order valence-electron chi connectivity index (χ0n) is 9.82. The molecule has 2 heterocycles. The van der Waals surface area contributed by atoms with Crippen molar-refractivity contribution in [3.05, 3.63) is 21.9 Å².